The van der Waals surface area contributed by atoms with Crippen molar-refractivity contribution in [2.24, 2.45) is 0 Å². The lowest BCUT2D eigenvalue weighted by molar-refractivity contribution is -0.142. The number of carbonyl (C=O) groups excluding carboxylic acids is 3. The molecule has 1 N–H and O–H groups in total. The number of hydrogen-bond acceptors (Lipinski definition) is 8. The Hall–Kier alpha value is -3.16. The second kappa shape index (κ2) is 9.68. The van der Waals surface area contributed by atoms with Gasteiger partial charge in [-0.25, -0.2) is 9.59 Å². The molecular formula is C20H24N2O6. The number of rotatable bonds is 7. The highest BCUT2D eigenvalue weighted by Crippen LogP contribution is 2.28. The van der Waals surface area contributed by atoms with Gasteiger partial charge in [0, 0.05) is 30.8 Å². The van der Waals surface area contributed by atoms with Gasteiger partial charge < -0.3 is 19.5 Å². The monoisotopic (exact) mass is 388 g/mol. The van der Waals surface area contributed by atoms with E-state index in [4.69, 9.17) is 14.2 Å². The Labute approximate surface area is 163 Å². The molecule has 0 fully saturated rings. The summed E-state index contributed by atoms with van der Waals surface area (Å²) >= 11 is 0. The van der Waals surface area contributed by atoms with Gasteiger partial charge in [-0.3, -0.25) is 9.78 Å². The van der Waals surface area contributed by atoms with E-state index < -0.39 is 17.9 Å². The van der Waals surface area contributed by atoms with Crippen LogP contribution in [0.3, 0.4) is 0 Å². The largest absolute Gasteiger partial charge is 0.463 e. The molecule has 1 aromatic heterocycles. The van der Waals surface area contributed by atoms with Crippen LogP contribution in [-0.4, -0.2) is 36.1 Å². The quantitative estimate of drug-likeness (QED) is 0.560. The summed E-state index contributed by atoms with van der Waals surface area (Å²) in [6.45, 7) is 7.02. The second-order valence-electron chi connectivity index (χ2n) is 6.05. The third kappa shape index (κ3) is 5.42. The average Bonchev–Trinajstić information content (AvgIpc) is 2.66. The normalized spacial score (nSPS) is 13.4. The number of hydrogen-bond donors (Lipinski definition) is 1. The van der Waals surface area contributed by atoms with Crippen LogP contribution in [0, 0.1) is 6.92 Å². The molecule has 0 saturated heterocycles. The summed E-state index contributed by atoms with van der Waals surface area (Å²) in [7, 11) is 0. The summed E-state index contributed by atoms with van der Waals surface area (Å²) in [5.74, 6) is -1.41. The molecule has 1 aromatic rings. The van der Waals surface area contributed by atoms with Gasteiger partial charge in [0.1, 0.15) is 6.61 Å². The van der Waals surface area contributed by atoms with Gasteiger partial charge in [0.25, 0.3) is 0 Å². The predicted molar refractivity (Wildman–Crippen MR) is 100 cm³/mol. The third-order valence-corrected chi connectivity index (χ3v) is 3.84. The molecule has 0 saturated carbocycles. The van der Waals surface area contributed by atoms with Gasteiger partial charge in [-0.15, -0.1) is 0 Å². The zero-order valence-electron chi connectivity index (χ0n) is 16.5. The lowest BCUT2D eigenvalue weighted by Crippen LogP contribution is -2.24. The summed E-state index contributed by atoms with van der Waals surface area (Å²) < 4.78 is 15.2. The molecule has 0 spiro atoms. The summed E-state index contributed by atoms with van der Waals surface area (Å²) in [6.07, 6.45) is 1.61. The fourth-order valence-corrected chi connectivity index (χ4v) is 2.71. The topological polar surface area (TPSA) is 104 Å². The van der Waals surface area contributed by atoms with Crippen molar-refractivity contribution in [2.45, 2.75) is 40.7 Å². The molecule has 0 unspecified atom stereocenters. The SMILES string of the molecule is CCOC(=O)C1=CNC(c2cc(C)nc(COC(C)=O)c2)=C(C(=O)OCC)C1. The van der Waals surface area contributed by atoms with Crippen LogP contribution in [0.5, 0.6) is 0 Å². The Morgan fingerprint density at radius 2 is 1.75 bits per heavy atom. The number of nitrogens with zero attached hydrogens (tertiary/aromatic N) is 1. The first-order valence-corrected chi connectivity index (χ1v) is 8.99. The van der Waals surface area contributed by atoms with Crippen LogP contribution in [0.2, 0.25) is 0 Å². The molecule has 0 bridgehead atoms. The van der Waals surface area contributed by atoms with E-state index in [0.29, 0.717) is 33.8 Å². The van der Waals surface area contributed by atoms with Crippen molar-refractivity contribution in [2.75, 3.05) is 13.2 Å². The van der Waals surface area contributed by atoms with Crippen molar-refractivity contribution in [3.05, 3.63) is 46.4 Å². The van der Waals surface area contributed by atoms with Crippen LogP contribution >= 0.6 is 0 Å². The van der Waals surface area contributed by atoms with E-state index in [-0.39, 0.29) is 26.2 Å². The maximum atomic E-state index is 12.5. The molecular weight excluding hydrogens is 364 g/mol. The van der Waals surface area contributed by atoms with Crippen molar-refractivity contribution < 1.29 is 28.6 Å². The Balaban J connectivity index is 2.41. The first kappa shape index (κ1) is 21.1. The lowest BCUT2D eigenvalue weighted by atomic mass is 9.96. The van der Waals surface area contributed by atoms with Gasteiger partial charge >= 0.3 is 17.9 Å². The maximum absolute atomic E-state index is 12.5. The van der Waals surface area contributed by atoms with E-state index in [1.807, 2.05) is 0 Å². The first-order chi connectivity index (χ1) is 13.3. The molecule has 0 aliphatic carbocycles. The van der Waals surface area contributed by atoms with Crippen LogP contribution in [0.1, 0.15) is 44.1 Å². The maximum Gasteiger partial charge on any atom is 0.336 e. The highest BCUT2D eigenvalue weighted by molar-refractivity contribution is 6.02. The molecule has 2 heterocycles. The number of aromatic nitrogens is 1. The van der Waals surface area contributed by atoms with Crippen molar-refractivity contribution >= 4 is 23.6 Å². The molecule has 2 rings (SSSR count). The van der Waals surface area contributed by atoms with Crippen molar-refractivity contribution in [3.8, 4) is 0 Å². The Morgan fingerprint density at radius 1 is 1.07 bits per heavy atom. The Kier molecular flexibility index (Phi) is 7.31. The zero-order valence-corrected chi connectivity index (χ0v) is 16.5. The van der Waals surface area contributed by atoms with Crippen molar-refractivity contribution in [1.29, 1.82) is 0 Å². The van der Waals surface area contributed by atoms with Gasteiger partial charge in [-0.2, -0.15) is 0 Å². The Bertz CT molecular complexity index is 841. The number of nitrogens with one attached hydrogen (secondary N) is 1. The fraction of sp³-hybridized carbons (Fsp3) is 0.400. The molecule has 28 heavy (non-hydrogen) atoms. The van der Waals surface area contributed by atoms with Crippen LogP contribution < -0.4 is 5.32 Å². The molecule has 8 nitrogen and oxygen atoms in total. The fourth-order valence-electron chi connectivity index (χ4n) is 2.71. The van der Waals surface area contributed by atoms with E-state index in [1.54, 1.807) is 32.9 Å². The molecule has 8 heteroatoms. The van der Waals surface area contributed by atoms with Crippen LogP contribution in [-0.2, 0) is 35.2 Å². The van der Waals surface area contributed by atoms with Crippen molar-refractivity contribution in [3.63, 3.8) is 0 Å². The minimum Gasteiger partial charge on any atom is -0.463 e. The molecule has 0 amide bonds. The number of dihydropyridines is 1. The zero-order chi connectivity index (χ0) is 20.7. The van der Waals surface area contributed by atoms with Crippen LogP contribution in [0.15, 0.2) is 29.5 Å². The minimum atomic E-state index is -0.518. The first-order valence-electron chi connectivity index (χ1n) is 8.99. The smallest absolute Gasteiger partial charge is 0.336 e. The van der Waals surface area contributed by atoms with Crippen LogP contribution in [0.4, 0.5) is 0 Å². The molecule has 0 atom stereocenters. The molecule has 1 aliphatic heterocycles. The highest BCUT2D eigenvalue weighted by Gasteiger charge is 2.26. The van der Waals surface area contributed by atoms with Gasteiger partial charge in [-0.1, -0.05) is 0 Å². The number of esters is 3. The number of carbonyl (C=O) groups is 3. The predicted octanol–water partition coefficient (Wildman–Crippen LogP) is 2.17. The van der Waals surface area contributed by atoms with Crippen LogP contribution in [0.25, 0.3) is 5.70 Å². The Morgan fingerprint density at radius 3 is 2.39 bits per heavy atom. The lowest BCUT2D eigenvalue weighted by Gasteiger charge is -2.21. The third-order valence-electron chi connectivity index (χ3n) is 3.84. The van der Waals surface area contributed by atoms with E-state index in [0.717, 1.165) is 0 Å². The van der Waals surface area contributed by atoms with Crippen molar-refractivity contribution in [1.82, 2.24) is 10.3 Å². The van der Waals surface area contributed by atoms with Gasteiger partial charge in [-0.05, 0) is 32.9 Å². The summed E-state index contributed by atoms with van der Waals surface area (Å²) in [5, 5.41) is 3.01. The molecule has 0 aromatic carbocycles. The number of aryl methyl sites for hydroxylation is 1. The summed E-state index contributed by atoms with van der Waals surface area (Å²) in [5.41, 5.74) is 3.08. The minimum absolute atomic E-state index is 0.0238. The summed E-state index contributed by atoms with van der Waals surface area (Å²) in [6, 6.07) is 3.52. The number of pyridine rings is 1. The van der Waals surface area contributed by atoms with E-state index in [9.17, 15) is 14.4 Å². The van der Waals surface area contributed by atoms with E-state index in [1.165, 1.54) is 13.1 Å². The molecule has 0 radical (unpaired) electrons. The van der Waals surface area contributed by atoms with E-state index >= 15 is 0 Å². The second-order valence-corrected chi connectivity index (χ2v) is 6.05. The highest BCUT2D eigenvalue weighted by atomic mass is 16.5. The standard InChI is InChI=1S/C20H24N2O6/c1-5-26-19(24)15-9-17(20(25)27-6-2)18(21-10-15)14-7-12(3)22-16(8-14)11-28-13(4)23/h7-8,10,21H,5-6,9,11H2,1-4H3. The van der Waals surface area contributed by atoms with Gasteiger partial charge in [0.15, 0.2) is 0 Å². The van der Waals surface area contributed by atoms with Gasteiger partial charge in [0.05, 0.1) is 35.8 Å². The number of ether oxygens (including phenoxy) is 3. The van der Waals surface area contributed by atoms with E-state index in [2.05, 4.69) is 10.3 Å². The average molecular weight is 388 g/mol. The molecule has 150 valence electrons. The van der Waals surface area contributed by atoms with Gasteiger partial charge in [0.2, 0.25) is 0 Å². The molecule has 1 aliphatic rings. The summed E-state index contributed by atoms with van der Waals surface area (Å²) in [4.78, 5) is 40.0.